The molecule has 0 aliphatic heterocycles. The van der Waals surface area contributed by atoms with Gasteiger partial charge in [-0.3, -0.25) is 14.9 Å². The van der Waals surface area contributed by atoms with Crippen molar-refractivity contribution in [2.75, 3.05) is 0 Å². The van der Waals surface area contributed by atoms with Crippen LogP contribution in [0.25, 0.3) is 0 Å². The number of nitro benzene ring substituents is 1. The van der Waals surface area contributed by atoms with Crippen LogP contribution in [0.2, 0.25) is 5.02 Å². The molecule has 21 heavy (non-hydrogen) atoms. The predicted molar refractivity (Wildman–Crippen MR) is 79.1 cm³/mol. The fraction of sp³-hybridized carbons (Fsp3) is 0.0714. The van der Waals surface area contributed by atoms with Crippen molar-refractivity contribution < 1.29 is 14.5 Å². The average molecular weight is 326 g/mol. The lowest BCUT2D eigenvalue weighted by Gasteiger charge is -2.07. The van der Waals surface area contributed by atoms with E-state index in [0.29, 0.717) is 11.3 Å². The molecule has 5 nitrogen and oxygen atoms in total. The molecule has 0 radical (unpaired) electrons. The van der Waals surface area contributed by atoms with Gasteiger partial charge in [-0.1, -0.05) is 23.7 Å². The van der Waals surface area contributed by atoms with E-state index >= 15 is 0 Å². The molecule has 0 fully saturated rings. The second kappa shape index (κ2) is 6.56. The number of nitro groups is 1. The Morgan fingerprint density at radius 1 is 1.24 bits per heavy atom. The van der Waals surface area contributed by atoms with Crippen LogP contribution in [0.15, 0.2) is 42.5 Å². The van der Waals surface area contributed by atoms with E-state index in [1.165, 1.54) is 24.3 Å². The van der Waals surface area contributed by atoms with Crippen molar-refractivity contribution in [3.05, 3.63) is 68.7 Å². The van der Waals surface area contributed by atoms with E-state index in [0.717, 1.165) is 0 Å². The van der Waals surface area contributed by atoms with E-state index in [1.54, 1.807) is 18.2 Å². The number of benzene rings is 2. The van der Waals surface area contributed by atoms with Gasteiger partial charge in [-0.2, -0.15) is 0 Å². The summed E-state index contributed by atoms with van der Waals surface area (Å²) in [5.74, 6) is 0.438. The van der Waals surface area contributed by atoms with E-state index in [-0.39, 0.29) is 22.9 Å². The molecule has 2 aromatic carbocycles. The van der Waals surface area contributed by atoms with Gasteiger partial charge in [-0.15, -0.1) is 0 Å². The van der Waals surface area contributed by atoms with E-state index < -0.39 is 10.2 Å². The highest BCUT2D eigenvalue weighted by molar-refractivity contribution is 6.68. The molecule has 7 heteroatoms. The van der Waals surface area contributed by atoms with Crippen LogP contribution in [0.4, 0.5) is 5.69 Å². The maximum absolute atomic E-state index is 11.0. The lowest BCUT2D eigenvalue weighted by molar-refractivity contribution is -0.384. The zero-order valence-corrected chi connectivity index (χ0v) is 12.1. The van der Waals surface area contributed by atoms with Gasteiger partial charge in [0.25, 0.3) is 10.9 Å². The highest BCUT2D eigenvalue weighted by Crippen LogP contribution is 2.25. The third-order valence-electron chi connectivity index (χ3n) is 2.68. The number of halogens is 2. The van der Waals surface area contributed by atoms with Crippen LogP contribution in [-0.4, -0.2) is 10.2 Å². The summed E-state index contributed by atoms with van der Waals surface area (Å²) in [4.78, 5) is 21.2. The van der Waals surface area contributed by atoms with Crippen LogP contribution in [0.1, 0.15) is 15.9 Å². The van der Waals surface area contributed by atoms with Crippen molar-refractivity contribution in [3.8, 4) is 5.75 Å². The first-order valence-electron chi connectivity index (χ1n) is 5.83. The van der Waals surface area contributed by atoms with Crippen molar-refractivity contribution in [1.82, 2.24) is 0 Å². The largest absolute Gasteiger partial charge is 0.489 e. The van der Waals surface area contributed by atoms with E-state index in [1.807, 2.05) is 0 Å². The number of ether oxygens (including phenoxy) is 1. The zero-order valence-electron chi connectivity index (χ0n) is 10.6. The fourth-order valence-electron chi connectivity index (χ4n) is 1.67. The summed E-state index contributed by atoms with van der Waals surface area (Å²) in [7, 11) is 0. The normalized spacial score (nSPS) is 10.2. The number of nitrogens with zero attached hydrogens (tertiary/aromatic N) is 1. The number of carbonyl (C=O) groups excluding carboxylic acids is 1. The Balaban J connectivity index is 2.10. The molecule has 0 aliphatic rings. The molecule has 0 aromatic heterocycles. The fourth-order valence-corrected chi connectivity index (χ4v) is 2.14. The molecule has 0 bridgehead atoms. The molecule has 2 rings (SSSR count). The summed E-state index contributed by atoms with van der Waals surface area (Å²) in [5.41, 5.74) is 0.844. The second-order valence-electron chi connectivity index (χ2n) is 4.13. The van der Waals surface area contributed by atoms with Crippen LogP contribution in [0.5, 0.6) is 5.75 Å². The Hall–Kier alpha value is -2.11. The number of hydrogen-bond acceptors (Lipinski definition) is 4. The molecular formula is C14H9Cl2NO4. The summed E-state index contributed by atoms with van der Waals surface area (Å²) in [6.07, 6.45) is 0. The Morgan fingerprint density at radius 2 is 2.00 bits per heavy atom. The summed E-state index contributed by atoms with van der Waals surface area (Å²) >= 11 is 11.3. The predicted octanol–water partition coefficient (Wildman–Crippen LogP) is 4.21. The van der Waals surface area contributed by atoms with Crippen molar-refractivity contribution in [2.45, 2.75) is 6.61 Å². The maximum atomic E-state index is 11.0. The molecule has 0 heterocycles. The number of carbonyl (C=O) groups is 1. The van der Waals surface area contributed by atoms with Crippen LogP contribution < -0.4 is 4.74 Å². The summed E-state index contributed by atoms with van der Waals surface area (Å²) in [6, 6.07) is 10.6. The van der Waals surface area contributed by atoms with Gasteiger partial charge in [0.1, 0.15) is 12.4 Å². The molecule has 0 amide bonds. The summed E-state index contributed by atoms with van der Waals surface area (Å²) in [6.45, 7) is 0.145. The molecule has 2 aromatic rings. The average Bonchev–Trinajstić information content (AvgIpc) is 2.45. The Kier molecular flexibility index (Phi) is 4.77. The third-order valence-corrected chi connectivity index (χ3v) is 3.20. The van der Waals surface area contributed by atoms with Gasteiger partial charge in [0.05, 0.1) is 15.5 Å². The summed E-state index contributed by atoms with van der Waals surface area (Å²) < 4.78 is 5.48. The minimum Gasteiger partial charge on any atom is -0.489 e. The monoisotopic (exact) mass is 325 g/mol. The van der Waals surface area contributed by atoms with Gasteiger partial charge in [0.15, 0.2) is 0 Å². The number of rotatable bonds is 5. The van der Waals surface area contributed by atoms with Crippen molar-refractivity contribution in [3.63, 3.8) is 0 Å². The van der Waals surface area contributed by atoms with Crippen LogP contribution in [0.3, 0.4) is 0 Å². The van der Waals surface area contributed by atoms with E-state index in [9.17, 15) is 14.9 Å². The first-order chi connectivity index (χ1) is 9.97. The van der Waals surface area contributed by atoms with Crippen molar-refractivity contribution in [2.24, 2.45) is 0 Å². The summed E-state index contributed by atoms with van der Waals surface area (Å²) in [5, 5.41) is 10.2. The van der Waals surface area contributed by atoms with E-state index in [4.69, 9.17) is 27.9 Å². The minimum absolute atomic E-state index is 0.00258. The first kappa shape index (κ1) is 15.3. The molecule has 0 saturated heterocycles. The molecule has 0 saturated carbocycles. The topological polar surface area (TPSA) is 69.4 Å². The lowest BCUT2D eigenvalue weighted by atomic mass is 10.2. The van der Waals surface area contributed by atoms with Crippen LogP contribution in [-0.2, 0) is 6.61 Å². The van der Waals surface area contributed by atoms with Crippen molar-refractivity contribution >= 4 is 34.1 Å². The van der Waals surface area contributed by atoms with Crippen molar-refractivity contribution in [1.29, 1.82) is 0 Å². The minimum atomic E-state index is -0.648. The molecule has 0 unspecified atom stereocenters. The Bertz CT molecular complexity index is 703. The number of hydrogen-bond donors (Lipinski definition) is 0. The quantitative estimate of drug-likeness (QED) is 0.469. The maximum Gasteiger partial charge on any atom is 0.269 e. The second-order valence-corrected chi connectivity index (χ2v) is 4.88. The van der Waals surface area contributed by atoms with Gasteiger partial charge in [-0.05, 0) is 35.4 Å². The molecule has 0 atom stereocenters. The SMILES string of the molecule is O=C(Cl)c1ccc(OCc2cccc([N+](=O)[O-])c2)cc1Cl. The molecular weight excluding hydrogens is 317 g/mol. The van der Waals surface area contributed by atoms with Gasteiger partial charge in [0, 0.05) is 12.1 Å². The van der Waals surface area contributed by atoms with Gasteiger partial charge < -0.3 is 4.74 Å². The Morgan fingerprint density at radius 3 is 2.62 bits per heavy atom. The lowest BCUT2D eigenvalue weighted by Crippen LogP contribution is -1.98. The standard InChI is InChI=1S/C14H9Cl2NO4/c15-13-7-11(4-5-12(13)14(16)18)21-8-9-2-1-3-10(6-9)17(19)20/h1-7H,8H2. The highest BCUT2D eigenvalue weighted by atomic mass is 35.5. The first-order valence-corrected chi connectivity index (χ1v) is 6.58. The van der Waals surface area contributed by atoms with Gasteiger partial charge in [-0.25, -0.2) is 0 Å². The molecule has 0 aliphatic carbocycles. The third kappa shape index (κ3) is 3.93. The van der Waals surface area contributed by atoms with Crippen LogP contribution in [0, 0.1) is 10.1 Å². The molecule has 108 valence electrons. The van der Waals surface area contributed by atoms with Crippen LogP contribution >= 0.6 is 23.2 Å². The molecule has 0 spiro atoms. The Labute approximate surface area is 130 Å². The van der Waals surface area contributed by atoms with Gasteiger partial charge >= 0.3 is 0 Å². The van der Waals surface area contributed by atoms with E-state index in [2.05, 4.69) is 0 Å². The zero-order chi connectivity index (χ0) is 15.4. The number of non-ortho nitro benzene ring substituents is 1. The van der Waals surface area contributed by atoms with Gasteiger partial charge in [0.2, 0.25) is 0 Å². The molecule has 0 N–H and O–H groups in total. The smallest absolute Gasteiger partial charge is 0.269 e. The highest BCUT2D eigenvalue weighted by Gasteiger charge is 2.09.